The summed E-state index contributed by atoms with van der Waals surface area (Å²) < 4.78 is 0.989. The van der Waals surface area contributed by atoms with Gasteiger partial charge < -0.3 is 5.73 Å². The van der Waals surface area contributed by atoms with E-state index in [1.165, 1.54) is 44.1 Å². The van der Waals surface area contributed by atoms with E-state index in [0.29, 0.717) is 0 Å². The zero-order valence-electron chi connectivity index (χ0n) is 11.2. The van der Waals surface area contributed by atoms with Crippen molar-refractivity contribution in [1.82, 2.24) is 4.90 Å². The van der Waals surface area contributed by atoms with Crippen LogP contribution in [0.1, 0.15) is 44.1 Å². The van der Waals surface area contributed by atoms with E-state index in [-0.39, 0.29) is 0 Å². The molecule has 2 nitrogen and oxygen atoms in total. The molecule has 0 saturated heterocycles. The van der Waals surface area contributed by atoms with E-state index in [4.69, 9.17) is 5.73 Å². The average molecular weight is 311 g/mol. The summed E-state index contributed by atoms with van der Waals surface area (Å²) in [7, 11) is 2.24. The van der Waals surface area contributed by atoms with Crippen LogP contribution in [0.3, 0.4) is 0 Å². The van der Waals surface area contributed by atoms with E-state index < -0.39 is 0 Å². The third-order valence-electron chi connectivity index (χ3n) is 3.94. The summed E-state index contributed by atoms with van der Waals surface area (Å²) >= 11 is 3.44. The number of anilines is 1. The molecule has 0 amide bonds. The summed E-state index contributed by atoms with van der Waals surface area (Å²) in [6.45, 7) is 1.00. The maximum absolute atomic E-state index is 5.93. The molecular weight excluding hydrogens is 288 g/mol. The minimum absolute atomic E-state index is 0.748. The molecule has 18 heavy (non-hydrogen) atoms. The van der Waals surface area contributed by atoms with Crippen molar-refractivity contribution >= 4 is 21.6 Å². The van der Waals surface area contributed by atoms with Crippen LogP contribution in [-0.2, 0) is 6.54 Å². The number of nitrogens with zero attached hydrogens (tertiary/aromatic N) is 1. The van der Waals surface area contributed by atoms with Gasteiger partial charge in [0.2, 0.25) is 0 Å². The first-order valence-electron chi connectivity index (χ1n) is 6.91. The van der Waals surface area contributed by atoms with Gasteiger partial charge in [-0.1, -0.05) is 31.7 Å². The highest BCUT2D eigenvalue weighted by atomic mass is 79.9. The van der Waals surface area contributed by atoms with Gasteiger partial charge in [-0.05, 0) is 53.5 Å². The van der Waals surface area contributed by atoms with E-state index >= 15 is 0 Å². The molecule has 0 spiro atoms. The topological polar surface area (TPSA) is 29.3 Å². The summed E-state index contributed by atoms with van der Waals surface area (Å²) in [5.74, 6) is 0. The van der Waals surface area contributed by atoms with Crippen molar-refractivity contribution in [2.75, 3.05) is 12.8 Å². The second-order valence-corrected chi connectivity index (χ2v) is 6.27. The lowest BCUT2D eigenvalue weighted by molar-refractivity contribution is 0.213. The lowest BCUT2D eigenvalue weighted by Crippen LogP contribution is -2.30. The molecule has 0 atom stereocenters. The Labute approximate surface area is 119 Å². The number of hydrogen-bond acceptors (Lipinski definition) is 2. The second-order valence-electron chi connectivity index (χ2n) is 5.42. The molecule has 3 heteroatoms. The molecule has 1 fully saturated rings. The zero-order chi connectivity index (χ0) is 13.0. The van der Waals surface area contributed by atoms with Gasteiger partial charge in [-0.2, -0.15) is 0 Å². The molecule has 2 N–H and O–H groups in total. The Morgan fingerprint density at radius 2 is 1.89 bits per heavy atom. The normalized spacial score (nSPS) is 17.9. The molecule has 0 aliphatic heterocycles. The van der Waals surface area contributed by atoms with Gasteiger partial charge in [-0.15, -0.1) is 0 Å². The third-order valence-corrected chi connectivity index (χ3v) is 4.66. The largest absolute Gasteiger partial charge is 0.398 e. The summed E-state index contributed by atoms with van der Waals surface area (Å²) in [6.07, 6.45) is 8.30. The predicted molar refractivity (Wildman–Crippen MR) is 81.5 cm³/mol. The minimum Gasteiger partial charge on any atom is -0.398 e. The van der Waals surface area contributed by atoms with Gasteiger partial charge in [0.25, 0.3) is 0 Å². The number of nitrogens with two attached hydrogens (primary N) is 1. The molecule has 2 rings (SSSR count). The Hall–Kier alpha value is -0.540. The lowest BCUT2D eigenvalue weighted by Gasteiger charge is -2.27. The van der Waals surface area contributed by atoms with E-state index in [2.05, 4.69) is 40.0 Å². The Morgan fingerprint density at radius 1 is 1.22 bits per heavy atom. The highest BCUT2D eigenvalue weighted by Crippen LogP contribution is 2.24. The highest BCUT2D eigenvalue weighted by Gasteiger charge is 2.17. The fourth-order valence-corrected chi connectivity index (χ4v) is 3.05. The molecule has 1 aromatic rings. The summed E-state index contributed by atoms with van der Waals surface area (Å²) in [5, 5.41) is 0. The number of halogens is 1. The molecule has 0 bridgehead atoms. The van der Waals surface area contributed by atoms with Crippen LogP contribution in [0.4, 0.5) is 5.69 Å². The van der Waals surface area contributed by atoms with Crippen LogP contribution >= 0.6 is 15.9 Å². The minimum atomic E-state index is 0.748. The lowest BCUT2D eigenvalue weighted by atomic mass is 10.1. The second kappa shape index (κ2) is 6.58. The van der Waals surface area contributed by atoms with Crippen LogP contribution in [0.15, 0.2) is 22.7 Å². The molecule has 1 aliphatic carbocycles. The smallest absolute Gasteiger partial charge is 0.0461 e. The monoisotopic (exact) mass is 310 g/mol. The van der Waals surface area contributed by atoms with E-state index in [1.807, 2.05) is 6.07 Å². The Bertz CT molecular complexity index is 384. The highest BCUT2D eigenvalue weighted by molar-refractivity contribution is 9.10. The molecule has 100 valence electrons. The van der Waals surface area contributed by atoms with E-state index in [1.54, 1.807) is 0 Å². The van der Waals surface area contributed by atoms with Gasteiger partial charge >= 0.3 is 0 Å². The number of rotatable bonds is 3. The van der Waals surface area contributed by atoms with Crippen LogP contribution in [0, 0.1) is 0 Å². The number of benzene rings is 1. The van der Waals surface area contributed by atoms with Crippen molar-refractivity contribution in [2.24, 2.45) is 0 Å². The van der Waals surface area contributed by atoms with Gasteiger partial charge in [0, 0.05) is 22.7 Å². The van der Waals surface area contributed by atoms with Crippen molar-refractivity contribution in [2.45, 2.75) is 51.1 Å². The van der Waals surface area contributed by atoms with Crippen molar-refractivity contribution in [3.8, 4) is 0 Å². The molecule has 0 radical (unpaired) electrons. The van der Waals surface area contributed by atoms with Gasteiger partial charge in [0.15, 0.2) is 0 Å². The number of hydrogen-bond donors (Lipinski definition) is 1. The molecule has 0 unspecified atom stereocenters. The standard InChI is InChI=1S/C15H23BrN2/c1-18(13-6-4-2-3-5-7-13)11-12-8-9-14(16)15(17)10-12/h8-10,13H,2-7,11,17H2,1H3. The van der Waals surface area contributed by atoms with Crippen LogP contribution in [-0.4, -0.2) is 18.0 Å². The van der Waals surface area contributed by atoms with Crippen LogP contribution in [0.2, 0.25) is 0 Å². The summed E-state index contributed by atoms with van der Waals surface area (Å²) in [4.78, 5) is 2.49. The van der Waals surface area contributed by atoms with Crippen LogP contribution in [0.25, 0.3) is 0 Å². The Balaban J connectivity index is 1.96. The van der Waals surface area contributed by atoms with Gasteiger partial charge in [-0.25, -0.2) is 0 Å². The Morgan fingerprint density at radius 3 is 2.50 bits per heavy atom. The SMILES string of the molecule is CN(Cc1ccc(Br)c(N)c1)C1CCCCCC1. The molecule has 1 aromatic carbocycles. The van der Waals surface area contributed by atoms with Crippen LogP contribution in [0.5, 0.6) is 0 Å². The van der Waals surface area contributed by atoms with E-state index in [0.717, 1.165) is 22.7 Å². The summed E-state index contributed by atoms with van der Waals surface area (Å²) in [6, 6.07) is 7.04. The number of nitrogen functional groups attached to an aromatic ring is 1. The third kappa shape index (κ3) is 3.72. The maximum atomic E-state index is 5.93. The first-order chi connectivity index (χ1) is 8.66. The maximum Gasteiger partial charge on any atom is 0.0461 e. The van der Waals surface area contributed by atoms with Gasteiger partial charge in [0.1, 0.15) is 0 Å². The van der Waals surface area contributed by atoms with E-state index in [9.17, 15) is 0 Å². The fourth-order valence-electron chi connectivity index (χ4n) is 2.81. The first kappa shape index (κ1) is 13.9. The molecule has 1 aliphatic rings. The molecular formula is C15H23BrN2. The molecule has 0 heterocycles. The quantitative estimate of drug-likeness (QED) is 0.670. The fraction of sp³-hybridized carbons (Fsp3) is 0.600. The Kier molecular flexibility index (Phi) is 5.07. The van der Waals surface area contributed by atoms with Crippen LogP contribution < -0.4 is 5.73 Å². The molecule has 1 saturated carbocycles. The van der Waals surface area contributed by atoms with Gasteiger partial charge in [-0.3, -0.25) is 4.90 Å². The average Bonchev–Trinajstić information content (AvgIpc) is 2.62. The van der Waals surface area contributed by atoms with Gasteiger partial charge in [0.05, 0.1) is 0 Å². The van der Waals surface area contributed by atoms with Crippen molar-refractivity contribution in [3.63, 3.8) is 0 Å². The zero-order valence-corrected chi connectivity index (χ0v) is 12.7. The van der Waals surface area contributed by atoms with Crippen molar-refractivity contribution in [3.05, 3.63) is 28.2 Å². The molecule has 0 aromatic heterocycles. The summed E-state index contributed by atoms with van der Waals surface area (Å²) in [5.41, 5.74) is 8.08. The van der Waals surface area contributed by atoms with Crippen molar-refractivity contribution in [1.29, 1.82) is 0 Å². The predicted octanol–water partition coefficient (Wildman–Crippen LogP) is 4.19. The first-order valence-corrected chi connectivity index (χ1v) is 7.70. The van der Waals surface area contributed by atoms with Crippen molar-refractivity contribution < 1.29 is 0 Å².